The Balaban J connectivity index is 0.00000196. The summed E-state index contributed by atoms with van der Waals surface area (Å²) in [6, 6.07) is 18.0. The van der Waals surface area contributed by atoms with Crippen LogP contribution >= 0.6 is 0 Å². The molecule has 0 unspecified atom stereocenters. The summed E-state index contributed by atoms with van der Waals surface area (Å²) >= 11 is 0. The first-order chi connectivity index (χ1) is 12.2. The molecule has 4 aromatic rings. The maximum atomic E-state index is 5.95. The first-order valence-corrected chi connectivity index (χ1v) is 7.88. The molecule has 0 radical (unpaired) electrons. The van der Waals surface area contributed by atoms with Crippen molar-refractivity contribution >= 4 is 0 Å². The van der Waals surface area contributed by atoms with Crippen LogP contribution in [0.2, 0.25) is 0 Å². The van der Waals surface area contributed by atoms with Gasteiger partial charge in [0.25, 0.3) is 0 Å². The van der Waals surface area contributed by atoms with E-state index in [1.807, 2.05) is 72.0 Å². The van der Waals surface area contributed by atoms with E-state index in [2.05, 4.69) is 22.1 Å². The molecule has 0 spiro atoms. The average molecular weight is 435 g/mol. The van der Waals surface area contributed by atoms with Gasteiger partial charge < -0.3 is 13.9 Å². The number of aryl methyl sites for hydroxylation is 2. The van der Waals surface area contributed by atoms with Crippen molar-refractivity contribution in [2.45, 2.75) is 0 Å². The summed E-state index contributed by atoms with van der Waals surface area (Å²) in [4.78, 5) is 8.70. The molecule has 0 atom stereocenters. The summed E-state index contributed by atoms with van der Waals surface area (Å²) in [7, 11) is 3.90. The second-order valence-corrected chi connectivity index (χ2v) is 5.68. The minimum atomic E-state index is 0. The maximum Gasteiger partial charge on any atom is 2.00 e. The van der Waals surface area contributed by atoms with Crippen LogP contribution in [0.1, 0.15) is 0 Å². The van der Waals surface area contributed by atoms with Crippen molar-refractivity contribution in [2.75, 3.05) is 0 Å². The van der Waals surface area contributed by atoms with Gasteiger partial charge in [0, 0.05) is 50.4 Å². The number of imidazole rings is 2. The molecule has 6 heteroatoms. The third-order valence-corrected chi connectivity index (χ3v) is 3.88. The van der Waals surface area contributed by atoms with Crippen molar-refractivity contribution in [1.29, 1.82) is 0 Å². The molecular weight excluding hydrogens is 419 g/mol. The van der Waals surface area contributed by atoms with Gasteiger partial charge in [-0.15, -0.1) is 47.5 Å². The topological polar surface area (TPSA) is 44.9 Å². The minimum Gasteiger partial charge on any atom is -0.497 e. The number of hydrogen-bond acceptors (Lipinski definition) is 3. The predicted molar refractivity (Wildman–Crippen MR) is 95.0 cm³/mol. The van der Waals surface area contributed by atoms with Crippen LogP contribution in [0.25, 0.3) is 22.8 Å². The van der Waals surface area contributed by atoms with Crippen LogP contribution in [0.3, 0.4) is 0 Å². The van der Waals surface area contributed by atoms with Gasteiger partial charge in [-0.1, -0.05) is 12.1 Å². The number of ether oxygens (including phenoxy) is 1. The number of aromatic nitrogens is 4. The Morgan fingerprint density at radius 1 is 0.769 bits per heavy atom. The smallest absolute Gasteiger partial charge is 0.497 e. The molecule has 0 saturated carbocycles. The van der Waals surface area contributed by atoms with E-state index in [0.717, 1.165) is 22.8 Å². The third-order valence-electron chi connectivity index (χ3n) is 3.88. The Morgan fingerprint density at radius 3 is 1.62 bits per heavy atom. The first-order valence-electron chi connectivity index (χ1n) is 7.88. The largest absolute Gasteiger partial charge is 2.00 e. The first kappa shape index (κ1) is 18.1. The van der Waals surface area contributed by atoms with Crippen LogP contribution in [-0.4, -0.2) is 19.1 Å². The normalized spacial score (nSPS) is 10.4. The molecule has 0 aliphatic rings. The molecule has 2 aromatic carbocycles. The molecule has 0 amide bonds. The predicted octanol–water partition coefficient (Wildman–Crippen LogP) is 3.88. The second-order valence-electron chi connectivity index (χ2n) is 5.68. The van der Waals surface area contributed by atoms with Crippen LogP contribution < -0.4 is 4.74 Å². The fourth-order valence-electron chi connectivity index (χ4n) is 2.64. The van der Waals surface area contributed by atoms with E-state index in [-0.39, 0.29) is 20.4 Å². The van der Waals surface area contributed by atoms with Crippen molar-refractivity contribution in [2.24, 2.45) is 14.1 Å². The maximum absolute atomic E-state index is 5.95. The van der Waals surface area contributed by atoms with Crippen molar-refractivity contribution in [3.8, 4) is 34.3 Å². The van der Waals surface area contributed by atoms with E-state index in [1.165, 1.54) is 0 Å². The van der Waals surface area contributed by atoms with Crippen LogP contribution in [-0.2, 0) is 34.5 Å². The summed E-state index contributed by atoms with van der Waals surface area (Å²) in [5, 5.41) is 0. The second kappa shape index (κ2) is 7.69. The SMILES string of the molecule is Cn1ccnc1-c1[c-]c(Oc2[c-]c(-c3nccn3C)ccc2)ccc1.[Pd+2]. The fourth-order valence-corrected chi connectivity index (χ4v) is 2.64. The van der Waals surface area contributed by atoms with Crippen LogP contribution in [0.4, 0.5) is 0 Å². The summed E-state index contributed by atoms with van der Waals surface area (Å²) < 4.78 is 9.85. The molecule has 2 aromatic heterocycles. The molecule has 2 heterocycles. The number of rotatable bonds is 4. The van der Waals surface area contributed by atoms with E-state index in [1.54, 1.807) is 12.4 Å². The molecule has 26 heavy (non-hydrogen) atoms. The average Bonchev–Trinajstić information content (AvgIpc) is 3.23. The van der Waals surface area contributed by atoms with Crippen molar-refractivity contribution in [1.82, 2.24) is 19.1 Å². The monoisotopic (exact) mass is 434 g/mol. The van der Waals surface area contributed by atoms with Gasteiger partial charge >= 0.3 is 20.4 Å². The van der Waals surface area contributed by atoms with Gasteiger partial charge in [0.05, 0.1) is 11.6 Å². The molecule has 0 fully saturated rings. The zero-order valence-corrected chi connectivity index (χ0v) is 15.8. The number of hydrogen-bond donors (Lipinski definition) is 0. The van der Waals surface area contributed by atoms with Crippen molar-refractivity contribution < 1.29 is 25.2 Å². The Kier molecular flexibility index (Phi) is 5.36. The van der Waals surface area contributed by atoms with Crippen LogP contribution in [0, 0.1) is 12.1 Å². The summed E-state index contributed by atoms with van der Waals surface area (Å²) in [5.41, 5.74) is 1.76. The molecule has 0 N–H and O–H groups in total. The van der Waals surface area contributed by atoms with E-state index in [9.17, 15) is 0 Å². The van der Waals surface area contributed by atoms with Gasteiger partial charge in [-0.3, -0.25) is 9.97 Å². The van der Waals surface area contributed by atoms with Gasteiger partial charge in [-0.25, -0.2) is 0 Å². The molecule has 132 valence electrons. The van der Waals surface area contributed by atoms with Crippen LogP contribution in [0.15, 0.2) is 61.2 Å². The molecule has 0 saturated heterocycles. The van der Waals surface area contributed by atoms with E-state index < -0.39 is 0 Å². The Morgan fingerprint density at radius 2 is 1.23 bits per heavy atom. The standard InChI is InChI=1S/C20H16N4O.Pd/c1-23-11-9-21-19(23)15-5-3-7-17(13-15)25-18-8-4-6-16(14-18)20-22-10-12-24(20)2;/h3-12H,1-2H3;/q-2;+2. The number of nitrogens with zero attached hydrogens (tertiary/aromatic N) is 4. The summed E-state index contributed by atoms with van der Waals surface area (Å²) in [6.45, 7) is 0. The van der Waals surface area contributed by atoms with E-state index in [0.29, 0.717) is 11.5 Å². The summed E-state index contributed by atoms with van der Waals surface area (Å²) in [6.07, 6.45) is 7.34. The van der Waals surface area contributed by atoms with Gasteiger partial charge in [-0.05, 0) is 0 Å². The molecule has 5 nitrogen and oxygen atoms in total. The van der Waals surface area contributed by atoms with Gasteiger partial charge in [0.1, 0.15) is 0 Å². The molecule has 0 bridgehead atoms. The molecule has 0 aliphatic heterocycles. The fraction of sp³-hybridized carbons (Fsp3) is 0.100. The Hall–Kier alpha value is -2.68. The molecule has 0 aliphatic carbocycles. The zero-order valence-electron chi connectivity index (χ0n) is 14.3. The van der Waals surface area contributed by atoms with E-state index in [4.69, 9.17) is 4.74 Å². The number of benzene rings is 2. The van der Waals surface area contributed by atoms with Crippen LogP contribution in [0.5, 0.6) is 11.5 Å². The summed E-state index contributed by atoms with van der Waals surface area (Å²) in [5.74, 6) is 2.93. The third kappa shape index (κ3) is 3.62. The zero-order chi connectivity index (χ0) is 17.2. The Labute approximate surface area is 166 Å². The van der Waals surface area contributed by atoms with Crippen molar-refractivity contribution in [3.05, 3.63) is 73.3 Å². The van der Waals surface area contributed by atoms with Crippen molar-refractivity contribution in [3.63, 3.8) is 0 Å². The van der Waals surface area contributed by atoms with E-state index >= 15 is 0 Å². The Bertz CT molecular complexity index is 940. The van der Waals surface area contributed by atoms with Gasteiger partial charge in [-0.2, -0.15) is 0 Å². The molecular formula is C20H16N4OPd. The minimum absolute atomic E-state index is 0. The van der Waals surface area contributed by atoms with Gasteiger partial charge in [0.15, 0.2) is 0 Å². The van der Waals surface area contributed by atoms with Gasteiger partial charge in [0.2, 0.25) is 0 Å². The quantitative estimate of drug-likeness (QED) is 0.362. The molecule has 4 rings (SSSR count).